The maximum atomic E-state index is 12.8. The van der Waals surface area contributed by atoms with Gasteiger partial charge in [-0.05, 0) is 6.42 Å². The van der Waals surface area contributed by atoms with Gasteiger partial charge in [-0.1, -0.05) is 19.1 Å². The molecule has 1 aliphatic heterocycles. The predicted molar refractivity (Wildman–Crippen MR) is 43.7 cm³/mol. The molecule has 70 valence electrons. The summed E-state index contributed by atoms with van der Waals surface area (Å²) in [6.45, 7) is 5.26. The molecule has 1 fully saturated rings. The number of halogens is 2. The normalized spacial score (nSPS) is 29.2. The van der Waals surface area contributed by atoms with Crippen molar-refractivity contribution in [1.29, 1.82) is 0 Å². The Hall–Kier alpha value is -0.480. The minimum absolute atomic E-state index is 0.184. The zero-order valence-corrected chi connectivity index (χ0v) is 7.19. The Labute approximate surface area is 71.0 Å². The Morgan fingerprint density at radius 2 is 2.33 bits per heavy atom. The monoisotopic (exact) mass is 176 g/mol. The molecule has 12 heavy (non-hydrogen) atoms. The van der Waals surface area contributed by atoms with Crippen molar-refractivity contribution < 1.29 is 8.78 Å². The zero-order valence-electron chi connectivity index (χ0n) is 7.19. The molecule has 2 nitrogen and oxygen atoms in total. The molecular weight excluding hydrogens is 162 g/mol. The number of hydrogen-bond acceptors (Lipinski definition) is 2. The molecule has 0 aliphatic carbocycles. The Kier molecular flexibility index (Phi) is 2.49. The van der Waals surface area contributed by atoms with E-state index in [9.17, 15) is 8.78 Å². The summed E-state index contributed by atoms with van der Waals surface area (Å²) in [6.07, 6.45) is 0.518. The third-order valence-corrected chi connectivity index (χ3v) is 2.23. The first-order chi connectivity index (χ1) is 5.46. The van der Waals surface area contributed by atoms with Gasteiger partial charge < -0.3 is 0 Å². The van der Waals surface area contributed by atoms with E-state index in [1.807, 2.05) is 6.92 Å². The minimum atomic E-state index is -2.64. The van der Waals surface area contributed by atoms with Crippen LogP contribution in [0.5, 0.6) is 0 Å². The molecule has 4 heteroatoms. The molecule has 1 heterocycles. The molecule has 2 N–H and O–H groups in total. The zero-order chi connectivity index (χ0) is 9.35. The van der Waals surface area contributed by atoms with E-state index in [1.165, 1.54) is 5.01 Å². The maximum Gasteiger partial charge on any atom is 0.263 e. The third-order valence-electron chi connectivity index (χ3n) is 2.23. The first-order valence-corrected chi connectivity index (χ1v) is 4.03. The molecule has 1 rings (SSSR count). The highest BCUT2D eigenvalue weighted by Gasteiger charge is 2.44. The SMILES string of the molecule is C=C(CC)C1CC(F)(F)CN1N. The second-order valence-electron chi connectivity index (χ2n) is 3.26. The molecular formula is C8H14F2N2. The Bertz CT molecular complexity index is 191. The number of alkyl halides is 2. The van der Waals surface area contributed by atoms with Crippen LogP contribution in [-0.2, 0) is 0 Å². The Morgan fingerprint density at radius 3 is 2.67 bits per heavy atom. The topological polar surface area (TPSA) is 29.3 Å². The van der Waals surface area contributed by atoms with Gasteiger partial charge in [-0.15, -0.1) is 0 Å². The summed E-state index contributed by atoms with van der Waals surface area (Å²) in [5, 5.41) is 1.19. The van der Waals surface area contributed by atoms with Gasteiger partial charge in [0, 0.05) is 6.42 Å². The van der Waals surface area contributed by atoms with Crippen LogP contribution in [0.1, 0.15) is 19.8 Å². The van der Waals surface area contributed by atoms with Gasteiger partial charge in [0.1, 0.15) is 0 Å². The molecule has 0 bridgehead atoms. The number of hydrazine groups is 1. The fraction of sp³-hybridized carbons (Fsp3) is 0.750. The van der Waals surface area contributed by atoms with Gasteiger partial charge in [-0.2, -0.15) is 0 Å². The van der Waals surface area contributed by atoms with Gasteiger partial charge in [0.15, 0.2) is 0 Å². The Balaban J connectivity index is 2.64. The van der Waals surface area contributed by atoms with Crippen molar-refractivity contribution in [3.05, 3.63) is 12.2 Å². The molecule has 1 aliphatic rings. The average molecular weight is 176 g/mol. The third kappa shape index (κ3) is 1.81. The van der Waals surface area contributed by atoms with Crippen molar-refractivity contribution in [2.75, 3.05) is 6.54 Å². The van der Waals surface area contributed by atoms with E-state index in [2.05, 4.69) is 6.58 Å². The standard InChI is InChI=1S/C8H14F2N2/c1-3-6(2)7-4-8(9,10)5-12(7)11/h7H,2-5,11H2,1H3. The van der Waals surface area contributed by atoms with Gasteiger partial charge in [0.25, 0.3) is 5.92 Å². The maximum absolute atomic E-state index is 12.8. The van der Waals surface area contributed by atoms with E-state index < -0.39 is 5.92 Å². The largest absolute Gasteiger partial charge is 0.268 e. The first kappa shape index (κ1) is 9.61. The van der Waals surface area contributed by atoms with E-state index in [-0.39, 0.29) is 19.0 Å². The van der Waals surface area contributed by atoms with Gasteiger partial charge in [0.05, 0.1) is 12.6 Å². The van der Waals surface area contributed by atoms with Crippen LogP contribution < -0.4 is 5.84 Å². The molecule has 0 amide bonds. The fourth-order valence-corrected chi connectivity index (χ4v) is 1.46. The predicted octanol–water partition coefficient (Wildman–Crippen LogP) is 1.54. The average Bonchev–Trinajstić information content (AvgIpc) is 2.23. The highest BCUT2D eigenvalue weighted by molar-refractivity contribution is 5.09. The summed E-state index contributed by atoms with van der Waals surface area (Å²) in [4.78, 5) is 0. The van der Waals surface area contributed by atoms with E-state index in [0.717, 1.165) is 5.57 Å². The highest BCUT2D eigenvalue weighted by Crippen LogP contribution is 2.33. The molecule has 0 aromatic heterocycles. The molecule has 1 atom stereocenters. The van der Waals surface area contributed by atoms with E-state index in [1.54, 1.807) is 0 Å². The van der Waals surface area contributed by atoms with Crippen LogP contribution in [0.2, 0.25) is 0 Å². The van der Waals surface area contributed by atoms with E-state index in [0.29, 0.717) is 6.42 Å². The highest BCUT2D eigenvalue weighted by atomic mass is 19.3. The summed E-state index contributed by atoms with van der Waals surface area (Å²) in [5.74, 6) is 2.78. The van der Waals surface area contributed by atoms with E-state index >= 15 is 0 Å². The quantitative estimate of drug-likeness (QED) is 0.510. The minimum Gasteiger partial charge on any atom is -0.268 e. The van der Waals surface area contributed by atoms with Crippen molar-refractivity contribution in [1.82, 2.24) is 5.01 Å². The molecule has 0 aromatic carbocycles. The Morgan fingerprint density at radius 1 is 1.75 bits per heavy atom. The second-order valence-corrected chi connectivity index (χ2v) is 3.26. The summed E-state index contributed by atoms with van der Waals surface area (Å²) >= 11 is 0. The molecule has 0 saturated carbocycles. The number of rotatable bonds is 2. The molecule has 1 saturated heterocycles. The summed E-state index contributed by atoms with van der Waals surface area (Å²) < 4.78 is 25.6. The van der Waals surface area contributed by atoms with Crippen LogP contribution in [-0.4, -0.2) is 23.5 Å². The molecule has 0 spiro atoms. The summed E-state index contributed by atoms with van der Waals surface area (Å²) in [7, 11) is 0. The van der Waals surface area contributed by atoms with Crippen LogP contribution in [0.25, 0.3) is 0 Å². The number of nitrogens with two attached hydrogens (primary N) is 1. The molecule has 0 aromatic rings. The van der Waals surface area contributed by atoms with E-state index in [4.69, 9.17) is 5.84 Å². The van der Waals surface area contributed by atoms with Gasteiger partial charge >= 0.3 is 0 Å². The van der Waals surface area contributed by atoms with Crippen molar-refractivity contribution in [2.24, 2.45) is 5.84 Å². The fourth-order valence-electron chi connectivity index (χ4n) is 1.46. The van der Waals surface area contributed by atoms with Gasteiger partial charge in [-0.3, -0.25) is 5.84 Å². The lowest BCUT2D eigenvalue weighted by molar-refractivity contribution is 0.0121. The van der Waals surface area contributed by atoms with Crippen molar-refractivity contribution in [3.63, 3.8) is 0 Å². The van der Waals surface area contributed by atoms with Crippen molar-refractivity contribution >= 4 is 0 Å². The van der Waals surface area contributed by atoms with Crippen molar-refractivity contribution in [2.45, 2.75) is 31.7 Å². The second kappa shape index (κ2) is 3.11. The van der Waals surface area contributed by atoms with Crippen LogP contribution >= 0.6 is 0 Å². The van der Waals surface area contributed by atoms with Crippen molar-refractivity contribution in [3.8, 4) is 0 Å². The molecule has 0 radical (unpaired) electrons. The first-order valence-electron chi connectivity index (χ1n) is 4.03. The lowest BCUT2D eigenvalue weighted by Crippen LogP contribution is -2.37. The number of nitrogens with zero attached hydrogens (tertiary/aromatic N) is 1. The summed E-state index contributed by atoms with van der Waals surface area (Å²) in [5.41, 5.74) is 0.787. The summed E-state index contributed by atoms with van der Waals surface area (Å²) in [6, 6.07) is -0.343. The lowest BCUT2D eigenvalue weighted by Gasteiger charge is -2.18. The molecule has 1 unspecified atom stereocenters. The number of hydrogen-bond donors (Lipinski definition) is 1. The van der Waals surface area contributed by atoms with Crippen LogP contribution in [0.15, 0.2) is 12.2 Å². The van der Waals surface area contributed by atoms with Crippen LogP contribution in [0.4, 0.5) is 8.78 Å². The van der Waals surface area contributed by atoms with Gasteiger partial charge in [-0.25, -0.2) is 13.8 Å². The van der Waals surface area contributed by atoms with Crippen LogP contribution in [0, 0.1) is 0 Å². The smallest absolute Gasteiger partial charge is 0.263 e. The van der Waals surface area contributed by atoms with Gasteiger partial charge in [0.2, 0.25) is 0 Å². The van der Waals surface area contributed by atoms with Crippen LogP contribution in [0.3, 0.4) is 0 Å². The lowest BCUT2D eigenvalue weighted by atomic mass is 10.0.